The highest BCUT2D eigenvalue weighted by atomic mass is 16.5. The fourth-order valence-corrected chi connectivity index (χ4v) is 3.54. The largest absolute Gasteiger partial charge is 0.497 e. The molecule has 7 heteroatoms. The third-order valence-corrected chi connectivity index (χ3v) is 5.36. The number of hydrogen-bond donors (Lipinski definition) is 1. The number of likely N-dealkylation sites (N-methyl/N-ethyl adjacent to an activating group) is 1. The lowest BCUT2D eigenvalue weighted by Crippen LogP contribution is -2.48. The smallest absolute Gasteiger partial charge is 0.408 e. The first kappa shape index (κ1) is 24.6. The number of hydrogen-bond acceptors (Lipinski definition) is 5. The molecule has 0 heterocycles. The van der Waals surface area contributed by atoms with Crippen molar-refractivity contribution in [3.63, 3.8) is 0 Å². The molecule has 0 spiro atoms. The van der Waals surface area contributed by atoms with Crippen LogP contribution in [0.1, 0.15) is 16.7 Å². The van der Waals surface area contributed by atoms with Gasteiger partial charge in [-0.3, -0.25) is 4.79 Å². The molecule has 7 nitrogen and oxygen atoms in total. The lowest BCUT2D eigenvalue weighted by Gasteiger charge is -2.25. The fraction of sp³-hybridized carbons (Fsp3) is 0.259. The van der Waals surface area contributed by atoms with Gasteiger partial charge in [-0.05, 0) is 23.3 Å². The van der Waals surface area contributed by atoms with Crippen LogP contribution in [0.3, 0.4) is 0 Å². The number of benzene rings is 3. The second-order valence-electron chi connectivity index (χ2n) is 7.82. The maximum atomic E-state index is 13.4. The van der Waals surface area contributed by atoms with E-state index in [9.17, 15) is 9.59 Å². The summed E-state index contributed by atoms with van der Waals surface area (Å²) in [6, 6.07) is 23.6. The van der Waals surface area contributed by atoms with Gasteiger partial charge in [-0.1, -0.05) is 60.7 Å². The minimum Gasteiger partial charge on any atom is -0.497 e. The molecule has 0 aliphatic rings. The van der Waals surface area contributed by atoms with Gasteiger partial charge in [0, 0.05) is 31.6 Å². The van der Waals surface area contributed by atoms with Crippen LogP contribution < -0.4 is 14.8 Å². The zero-order valence-corrected chi connectivity index (χ0v) is 19.7. The Bertz CT molecular complexity index is 1070. The summed E-state index contributed by atoms with van der Waals surface area (Å²) in [5.41, 5.74) is 2.62. The van der Waals surface area contributed by atoms with Gasteiger partial charge in [-0.2, -0.15) is 0 Å². The average molecular weight is 463 g/mol. The van der Waals surface area contributed by atoms with Crippen molar-refractivity contribution in [2.24, 2.45) is 0 Å². The van der Waals surface area contributed by atoms with Crippen molar-refractivity contribution < 1.29 is 23.8 Å². The van der Waals surface area contributed by atoms with E-state index in [2.05, 4.69) is 5.32 Å². The van der Waals surface area contributed by atoms with Crippen LogP contribution in [0.5, 0.6) is 11.5 Å². The van der Waals surface area contributed by atoms with Crippen LogP contribution >= 0.6 is 0 Å². The van der Waals surface area contributed by atoms with Gasteiger partial charge in [-0.15, -0.1) is 0 Å². The molecule has 0 aliphatic heterocycles. The fourth-order valence-electron chi connectivity index (χ4n) is 3.54. The van der Waals surface area contributed by atoms with Crippen LogP contribution in [0.2, 0.25) is 0 Å². The summed E-state index contributed by atoms with van der Waals surface area (Å²) in [4.78, 5) is 27.5. The van der Waals surface area contributed by atoms with E-state index >= 15 is 0 Å². The Kier molecular flexibility index (Phi) is 8.91. The highest BCUT2D eigenvalue weighted by molar-refractivity contribution is 5.86. The summed E-state index contributed by atoms with van der Waals surface area (Å²) in [6.07, 6.45) is -0.307. The number of carbonyl (C=O) groups excluding carboxylic acids is 2. The van der Waals surface area contributed by atoms with E-state index in [4.69, 9.17) is 14.2 Å². The van der Waals surface area contributed by atoms with Crippen molar-refractivity contribution in [1.29, 1.82) is 0 Å². The molecule has 0 bridgehead atoms. The minimum atomic E-state index is -0.792. The number of nitrogens with one attached hydrogen (secondary N) is 1. The van der Waals surface area contributed by atoms with Crippen LogP contribution in [0, 0.1) is 0 Å². The number of nitrogens with zero attached hydrogens (tertiary/aromatic N) is 1. The third kappa shape index (κ3) is 7.00. The van der Waals surface area contributed by atoms with Gasteiger partial charge < -0.3 is 24.4 Å². The molecule has 0 saturated carbocycles. The number of alkyl carbamates (subject to hydrolysis) is 1. The predicted molar refractivity (Wildman–Crippen MR) is 130 cm³/mol. The highest BCUT2D eigenvalue weighted by Gasteiger charge is 2.26. The van der Waals surface area contributed by atoms with Gasteiger partial charge >= 0.3 is 6.09 Å². The summed E-state index contributed by atoms with van der Waals surface area (Å²) in [6.45, 7) is 0.426. The van der Waals surface area contributed by atoms with E-state index in [1.165, 1.54) is 0 Å². The Labute approximate surface area is 200 Å². The minimum absolute atomic E-state index is 0.123. The topological polar surface area (TPSA) is 77.1 Å². The quantitative estimate of drug-likeness (QED) is 0.489. The molecule has 0 saturated heterocycles. The van der Waals surface area contributed by atoms with Crippen molar-refractivity contribution in [2.45, 2.75) is 25.6 Å². The third-order valence-electron chi connectivity index (χ3n) is 5.36. The second-order valence-corrected chi connectivity index (χ2v) is 7.82. The molecule has 0 aromatic heterocycles. The maximum absolute atomic E-state index is 13.4. The lowest BCUT2D eigenvalue weighted by atomic mass is 10.0. The molecule has 0 unspecified atom stereocenters. The van der Waals surface area contributed by atoms with E-state index in [1.807, 2.05) is 72.8 Å². The van der Waals surface area contributed by atoms with Crippen molar-refractivity contribution >= 4 is 12.0 Å². The monoisotopic (exact) mass is 462 g/mol. The summed E-state index contributed by atoms with van der Waals surface area (Å²) >= 11 is 0. The molecule has 34 heavy (non-hydrogen) atoms. The molecule has 2 amide bonds. The Morgan fingerprint density at radius 3 is 2.15 bits per heavy atom. The van der Waals surface area contributed by atoms with E-state index in [0.29, 0.717) is 24.5 Å². The summed E-state index contributed by atoms with van der Waals surface area (Å²) < 4.78 is 16.1. The summed E-state index contributed by atoms with van der Waals surface area (Å²) in [5, 5.41) is 2.75. The summed E-state index contributed by atoms with van der Waals surface area (Å²) in [7, 11) is 4.85. The van der Waals surface area contributed by atoms with Crippen LogP contribution in [0.4, 0.5) is 4.79 Å². The molecule has 1 N–H and O–H groups in total. The molecule has 3 aromatic rings. The van der Waals surface area contributed by atoms with Crippen LogP contribution in [0.15, 0.2) is 78.9 Å². The normalized spacial score (nSPS) is 11.3. The first-order chi connectivity index (χ1) is 16.5. The molecule has 3 aromatic carbocycles. The number of carbonyl (C=O) groups is 2. The summed E-state index contributed by atoms with van der Waals surface area (Å²) in [5.74, 6) is 1.05. The van der Waals surface area contributed by atoms with Gasteiger partial charge in [0.05, 0.1) is 14.2 Å². The zero-order chi connectivity index (χ0) is 24.3. The Balaban J connectivity index is 1.71. The van der Waals surface area contributed by atoms with E-state index in [0.717, 1.165) is 16.7 Å². The average Bonchev–Trinajstić information content (AvgIpc) is 2.88. The first-order valence-corrected chi connectivity index (χ1v) is 11.0. The van der Waals surface area contributed by atoms with E-state index < -0.39 is 12.1 Å². The zero-order valence-electron chi connectivity index (χ0n) is 19.7. The Morgan fingerprint density at radius 1 is 0.882 bits per heavy atom. The molecule has 1 atom stereocenters. The van der Waals surface area contributed by atoms with E-state index in [1.54, 1.807) is 32.2 Å². The standard InChI is InChI=1S/C27H30N2O5/c1-29(18-22-14-15-23(32-2)17-25(22)33-3)26(30)24(16-20-10-6-4-7-11-20)28-27(31)34-19-21-12-8-5-9-13-21/h4-15,17,24H,16,18-19H2,1-3H3,(H,28,31)/t24-/m0/s1. The van der Waals surface area contributed by atoms with Gasteiger partial charge in [0.15, 0.2) is 0 Å². The number of methoxy groups -OCH3 is 2. The molecule has 3 rings (SSSR count). The maximum Gasteiger partial charge on any atom is 0.408 e. The molecular weight excluding hydrogens is 432 g/mol. The van der Waals surface area contributed by atoms with Crippen LogP contribution in [-0.4, -0.2) is 44.2 Å². The number of amides is 2. The molecule has 0 fully saturated rings. The second kappa shape index (κ2) is 12.3. The highest BCUT2D eigenvalue weighted by Crippen LogP contribution is 2.25. The predicted octanol–water partition coefficient (Wildman–Crippen LogP) is 4.20. The molecule has 0 aliphatic carbocycles. The molecular formula is C27H30N2O5. The lowest BCUT2D eigenvalue weighted by molar-refractivity contribution is -0.132. The number of rotatable bonds is 10. The Morgan fingerprint density at radius 2 is 1.53 bits per heavy atom. The first-order valence-electron chi connectivity index (χ1n) is 11.0. The van der Waals surface area contributed by atoms with Crippen molar-refractivity contribution in [2.75, 3.05) is 21.3 Å². The Hall–Kier alpha value is -4.00. The van der Waals surface area contributed by atoms with Crippen molar-refractivity contribution in [1.82, 2.24) is 10.2 Å². The van der Waals surface area contributed by atoms with Gasteiger partial charge in [-0.25, -0.2) is 4.79 Å². The molecule has 178 valence electrons. The van der Waals surface area contributed by atoms with Crippen LogP contribution in [-0.2, 0) is 29.1 Å². The van der Waals surface area contributed by atoms with Crippen molar-refractivity contribution in [3.05, 3.63) is 95.6 Å². The van der Waals surface area contributed by atoms with Gasteiger partial charge in [0.25, 0.3) is 0 Å². The van der Waals surface area contributed by atoms with Gasteiger partial charge in [0.1, 0.15) is 24.1 Å². The van der Waals surface area contributed by atoms with Crippen molar-refractivity contribution in [3.8, 4) is 11.5 Å². The molecule has 0 radical (unpaired) electrons. The van der Waals surface area contributed by atoms with E-state index in [-0.39, 0.29) is 12.5 Å². The van der Waals surface area contributed by atoms with Gasteiger partial charge in [0.2, 0.25) is 5.91 Å². The number of ether oxygens (including phenoxy) is 3. The van der Waals surface area contributed by atoms with Crippen LogP contribution in [0.25, 0.3) is 0 Å². The SMILES string of the molecule is COc1ccc(CN(C)C(=O)[C@H](Cc2ccccc2)NC(=O)OCc2ccccc2)c(OC)c1.